The van der Waals surface area contributed by atoms with Crippen LogP contribution in [0, 0.1) is 12.8 Å². The number of thioether (sulfide) groups is 2. The Hall–Kier alpha value is -2.17. The molecule has 0 aliphatic heterocycles. The molecule has 1 unspecified atom stereocenters. The van der Waals surface area contributed by atoms with Gasteiger partial charge >= 0.3 is 0 Å². The zero-order valence-corrected chi connectivity index (χ0v) is 21.9. The lowest BCUT2D eigenvalue weighted by Gasteiger charge is -2.14. The highest BCUT2D eigenvalue weighted by atomic mass is 32.2. The molecule has 1 N–H and O–H groups in total. The minimum absolute atomic E-state index is 0.0986. The van der Waals surface area contributed by atoms with Crippen LogP contribution >= 0.6 is 34.9 Å². The zero-order chi connectivity index (χ0) is 23.8. The van der Waals surface area contributed by atoms with Crippen molar-refractivity contribution in [2.24, 2.45) is 5.92 Å². The molecule has 0 spiro atoms. The van der Waals surface area contributed by atoms with Crippen LogP contribution in [-0.4, -0.2) is 36.1 Å². The normalized spacial score (nSPS) is 12.2. The Morgan fingerprint density at radius 3 is 2.64 bits per heavy atom. The average molecular weight is 503 g/mol. The zero-order valence-electron chi connectivity index (χ0n) is 19.4. The number of aromatic nitrogens is 5. The molecule has 1 amide bonds. The lowest BCUT2D eigenvalue weighted by atomic mass is 10.1. The predicted molar refractivity (Wildman–Crippen MR) is 138 cm³/mol. The van der Waals surface area contributed by atoms with Crippen molar-refractivity contribution >= 4 is 45.9 Å². The number of allylic oxidation sites excluding steroid dienone is 1. The molecule has 33 heavy (non-hydrogen) atoms. The molecule has 176 valence electrons. The Balaban J connectivity index is 1.66. The standard InChI is InChI=1S/C23H30N6OS3/c1-6-12-29-19(14-31-17-10-8-16(5)9-11-17)25-28-23(29)32-18(7-2)21(30)24-22-27-26-20(33-22)13-15(3)4/h6,8-11,15,18H,1,7,12-14H2,2-5H3,(H,24,27,30). The number of rotatable bonds is 12. The molecule has 3 aromatic rings. The number of nitrogens with one attached hydrogen (secondary N) is 1. The molecule has 1 aromatic carbocycles. The predicted octanol–water partition coefficient (Wildman–Crippen LogP) is 5.62. The summed E-state index contributed by atoms with van der Waals surface area (Å²) in [6.45, 7) is 12.8. The maximum absolute atomic E-state index is 12.9. The lowest BCUT2D eigenvalue weighted by molar-refractivity contribution is -0.115. The maximum atomic E-state index is 12.9. The van der Waals surface area contributed by atoms with Crippen molar-refractivity contribution in [1.82, 2.24) is 25.0 Å². The number of nitrogens with zero attached hydrogens (tertiary/aromatic N) is 5. The van der Waals surface area contributed by atoms with Crippen molar-refractivity contribution < 1.29 is 4.79 Å². The second-order valence-electron chi connectivity index (χ2n) is 8.00. The van der Waals surface area contributed by atoms with Crippen molar-refractivity contribution in [3.8, 4) is 0 Å². The number of carbonyl (C=O) groups is 1. The molecule has 0 saturated carbocycles. The van der Waals surface area contributed by atoms with Crippen molar-refractivity contribution in [1.29, 1.82) is 0 Å². The number of anilines is 1. The molecule has 10 heteroatoms. The fraction of sp³-hybridized carbons (Fsp3) is 0.435. The van der Waals surface area contributed by atoms with E-state index in [1.807, 2.05) is 17.6 Å². The summed E-state index contributed by atoms with van der Waals surface area (Å²) in [5.74, 6) is 1.95. The van der Waals surface area contributed by atoms with Crippen LogP contribution in [0.15, 0.2) is 47.0 Å². The summed E-state index contributed by atoms with van der Waals surface area (Å²) in [6.07, 6.45) is 3.34. The number of hydrogen-bond donors (Lipinski definition) is 1. The Bertz CT molecular complexity index is 1060. The summed E-state index contributed by atoms with van der Waals surface area (Å²) in [6, 6.07) is 8.43. The summed E-state index contributed by atoms with van der Waals surface area (Å²) in [5.41, 5.74) is 1.24. The van der Waals surface area contributed by atoms with Gasteiger partial charge in [-0.05, 0) is 31.4 Å². The highest BCUT2D eigenvalue weighted by Gasteiger charge is 2.23. The van der Waals surface area contributed by atoms with Crippen LogP contribution in [0.2, 0.25) is 0 Å². The molecule has 0 fully saturated rings. The summed E-state index contributed by atoms with van der Waals surface area (Å²) in [4.78, 5) is 14.1. The number of hydrogen-bond acceptors (Lipinski definition) is 8. The minimum atomic E-state index is -0.312. The molecule has 0 radical (unpaired) electrons. The van der Waals surface area contributed by atoms with Crippen LogP contribution < -0.4 is 5.32 Å². The largest absolute Gasteiger partial charge is 0.301 e. The molecular formula is C23H30N6OS3. The number of amides is 1. The molecule has 0 aliphatic rings. The Morgan fingerprint density at radius 2 is 1.97 bits per heavy atom. The molecule has 0 bridgehead atoms. The molecule has 2 heterocycles. The van der Waals surface area contributed by atoms with Crippen LogP contribution in [0.3, 0.4) is 0 Å². The van der Waals surface area contributed by atoms with Crippen LogP contribution in [0.1, 0.15) is 43.6 Å². The van der Waals surface area contributed by atoms with Crippen molar-refractivity contribution in [3.63, 3.8) is 0 Å². The summed E-state index contributed by atoms with van der Waals surface area (Å²) in [7, 11) is 0. The molecule has 0 saturated heterocycles. The number of carbonyl (C=O) groups excluding carboxylic acids is 1. The topological polar surface area (TPSA) is 85.6 Å². The second-order valence-corrected chi connectivity index (χ2v) is 11.3. The van der Waals surface area contributed by atoms with Gasteiger partial charge in [0.05, 0.1) is 11.0 Å². The van der Waals surface area contributed by atoms with Gasteiger partial charge in [-0.3, -0.25) is 10.1 Å². The van der Waals surface area contributed by atoms with Gasteiger partial charge in [-0.25, -0.2) is 0 Å². The quantitative estimate of drug-likeness (QED) is 0.254. The first-order valence-electron chi connectivity index (χ1n) is 10.9. The molecule has 1 atom stereocenters. The van der Waals surface area contributed by atoms with Crippen molar-refractivity contribution in [2.45, 2.75) is 68.1 Å². The van der Waals surface area contributed by atoms with E-state index < -0.39 is 0 Å². The molecule has 2 aromatic heterocycles. The fourth-order valence-electron chi connectivity index (χ4n) is 2.98. The van der Waals surface area contributed by atoms with Gasteiger partial charge in [-0.15, -0.1) is 38.7 Å². The first-order valence-corrected chi connectivity index (χ1v) is 13.6. The smallest absolute Gasteiger partial charge is 0.239 e. The van der Waals surface area contributed by atoms with Gasteiger partial charge < -0.3 is 4.57 Å². The van der Waals surface area contributed by atoms with Crippen molar-refractivity contribution in [3.05, 3.63) is 53.3 Å². The highest BCUT2D eigenvalue weighted by Crippen LogP contribution is 2.29. The third kappa shape index (κ3) is 7.41. The van der Waals surface area contributed by atoms with Gasteiger partial charge in [0, 0.05) is 17.9 Å². The monoisotopic (exact) mass is 502 g/mol. The molecule has 7 nitrogen and oxygen atoms in total. The van der Waals surface area contributed by atoms with Crippen LogP contribution in [-0.2, 0) is 23.5 Å². The van der Waals surface area contributed by atoms with E-state index in [2.05, 4.69) is 77.3 Å². The Kier molecular flexibility index (Phi) is 9.52. The second kappa shape index (κ2) is 12.3. The molecule has 3 rings (SSSR count). The van der Waals surface area contributed by atoms with Gasteiger partial charge in [-0.2, -0.15) is 0 Å². The van der Waals surface area contributed by atoms with Crippen LogP contribution in [0.5, 0.6) is 0 Å². The van der Waals surface area contributed by atoms with Crippen molar-refractivity contribution in [2.75, 3.05) is 5.32 Å². The van der Waals surface area contributed by atoms with E-state index in [1.165, 1.54) is 33.6 Å². The van der Waals surface area contributed by atoms with Gasteiger partial charge in [0.15, 0.2) is 5.16 Å². The van der Waals surface area contributed by atoms with E-state index in [9.17, 15) is 4.79 Å². The Labute approximate surface area is 207 Å². The van der Waals surface area contributed by atoms with E-state index >= 15 is 0 Å². The van der Waals surface area contributed by atoms with Gasteiger partial charge in [0.25, 0.3) is 0 Å². The van der Waals surface area contributed by atoms with Gasteiger partial charge in [0.1, 0.15) is 10.8 Å². The first-order chi connectivity index (χ1) is 15.9. The van der Waals surface area contributed by atoms with E-state index in [4.69, 9.17) is 0 Å². The summed E-state index contributed by atoms with van der Waals surface area (Å²) in [5, 5.41) is 21.9. The van der Waals surface area contributed by atoms with Gasteiger partial charge in [0.2, 0.25) is 11.0 Å². The summed E-state index contributed by atoms with van der Waals surface area (Å²) >= 11 is 4.57. The first kappa shape index (κ1) is 25.5. The Morgan fingerprint density at radius 1 is 1.21 bits per heavy atom. The van der Waals surface area contributed by atoms with Crippen LogP contribution in [0.4, 0.5) is 5.13 Å². The highest BCUT2D eigenvalue weighted by molar-refractivity contribution is 8.00. The van der Waals surface area contributed by atoms with E-state index in [0.29, 0.717) is 34.9 Å². The third-order valence-corrected chi connectivity index (χ3v) is 7.90. The fourth-order valence-corrected chi connectivity index (χ4v) is 5.75. The number of benzene rings is 1. The van der Waals surface area contributed by atoms with E-state index in [0.717, 1.165) is 17.3 Å². The van der Waals surface area contributed by atoms with E-state index in [-0.39, 0.29) is 11.2 Å². The molecular weight excluding hydrogens is 472 g/mol. The van der Waals surface area contributed by atoms with Gasteiger partial charge in [-0.1, -0.05) is 67.6 Å². The third-order valence-electron chi connectivity index (χ3n) is 4.68. The maximum Gasteiger partial charge on any atom is 0.239 e. The van der Waals surface area contributed by atoms with E-state index in [1.54, 1.807) is 11.8 Å². The average Bonchev–Trinajstić information content (AvgIpc) is 3.37. The van der Waals surface area contributed by atoms with Crippen LogP contribution in [0.25, 0.3) is 0 Å². The number of aryl methyl sites for hydroxylation is 1. The SMILES string of the molecule is C=CCn1c(CSc2ccc(C)cc2)nnc1SC(CC)C(=O)Nc1nnc(CC(C)C)s1. The molecule has 0 aliphatic carbocycles. The summed E-state index contributed by atoms with van der Waals surface area (Å²) < 4.78 is 2.03. The minimum Gasteiger partial charge on any atom is -0.301 e. The lowest BCUT2D eigenvalue weighted by Crippen LogP contribution is -2.25.